The van der Waals surface area contributed by atoms with Crippen molar-refractivity contribution in [1.82, 2.24) is 10.2 Å². The van der Waals surface area contributed by atoms with Gasteiger partial charge in [-0.3, -0.25) is 9.82 Å². The molecule has 0 fully saturated rings. The number of nitrogens with one attached hydrogen (secondary N) is 2. The molecule has 0 bridgehead atoms. The van der Waals surface area contributed by atoms with Gasteiger partial charge in [0.15, 0.2) is 22.5 Å². The molecule has 0 saturated carbocycles. The highest BCUT2D eigenvalue weighted by atomic mass is 32.2. The summed E-state index contributed by atoms with van der Waals surface area (Å²) in [7, 11) is -4.12. The number of aromatic nitrogens is 2. The number of nitrogens with zero attached hydrogens (tertiary/aromatic N) is 1. The number of hydrogen-bond acceptors (Lipinski definition) is 3. The van der Waals surface area contributed by atoms with Gasteiger partial charge in [-0.2, -0.15) is 13.5 Å². The largest absolute Gasteiger partial charge is 0.278 e. The molecular weight excluding hydrogens is 271 g/mol. The Bertz CT molecular complexity index is 671. The predicted molar refractivity (Wildman–Crippen MR) is 55.7 cm³/mol. The first kappa shape index (κ1) is 12.4. The van der Waals surface area contributed by atoms with E-state index in [4.69, 9.17) is 0 Å². The molecule has 0 saturated heterocycles. The van der Waals surface area contributed by atoms with Crippen molar-refractivity contribution >= 4 is 15.7 Å². The molecule has 0 amide bonds. The Kier molecular flexibility index (Phi) is 2.99. The molecule has 1 aromatic heterocycles. The molecule has 0 aliphatic heterocycles. The SMILES string of the molecule is O=S(=O)(Nc1ccc(F)c(F)c1F)c1ccn[nH]1. The summed E-state index contributed by atoms with van der Waals surface area (Å²) >= 11 is 0. The summed E-state index contributed by atoms with van der Waals surface area (Å²) in [6, 6.07) is 2.52. The van der Waals surface area contributed by atoms with Gasteiger partial charge in [0.05, 0.1) is 11.9 Å². The van der Waals surface area contributed by atoms with Crippen LogP contribution in [0.25, 0.3) is 0 Å². The molecule has 0 aliphatic rings. The van der Waals surface area contributed by atoms with Crippen LogP contribution in [0, 0.1) is 17.5 Å². The molecule has 5 nitrogen and oxygen atoms in total. The van der Waals surface area contributed by atoms with Gasteiger partial charge in [-0.25, -0.2) is 13.2 Å². The van der Waals surface area contributed by atoms with E-state index in [9.17, 15) is 21.6 Å². The first-order chi connectivity index (χ1) is 8.42. The van der Waals surface area contributed by atoms with E-state index in [1.807, 2.05) is 0 Å². The van der Waals surface area contributed by atoms with Gasteiger partial charge < -0.3 is 0 Å². The van der Waals surface area contributed by atoms with E-state index < -0.39 is 33.2 Å². The number of anilines is 1. The number of hydrogen-bond donors (Lipinski definition) is 2. The molecular formula is C9H6F3N3O2S. The Labute approximate surface area is 99.7 Å². The number of halogens is 3. The van der Waals surface area contributed by atoms with Gasteiger partial charge in [0.1, 0.15) is 0 Å². The van der Waals surface area contributed by atoms with Crippen LogP contribution >= 0.6 is 0 Å². The smallest absolute Gasteiger partial charge is 0.275 e. The van der Waals surface area contributed by atoms with Gasteiger partial charge in [0.25, 0.3) is 10.0 Å². The lowest BCUT2D eigenvalue weighted by Gasteiger charge is -2.07. The monoisotopic (exact) mass is 277 g/mol. The van der Waals surface area contributed by atoms with E-state index >= 15 is 0 Å². The average molecular weight is 277 g/mol. The van der Waals surface area contributed by atoms with E-state index in [1.54, 1.807) is 4.72 Å². The summed E-state index contributed by atoms with van der Waals surface area (Å²) < 4.78 is 63.9. The lowest BCUT2D eigenvalue weighted by Crippen LogP contribution is -2.15. The molecule has 9 heteroatoms. The van der Waals surface area contributed by atoms with Crippen LogP contribution in [-0.2, 0) is 10.0 Å². The molecule has 1 aromatic carbocycles. The van der Waals surface area contributed by atoms with Crippen molar-refractivity contribution < 1.29 is 21.6 Å². The highest BCUT2D eigenvalue weighted by molar-refractivity contribution is 7.92. The minimum Gasteiger partial charge on any atom is -0.275 e. The fraction of sp³-hybridized carbons (Fsp3) is 0. The molecule has 2 N–H and O–H groups in total. The molecule has 0 atom stereocenters. The Morgan fingerprint density at radius 3 is 2.44 bits per heavy atom. The van der Waals surface area contributed by atoms with Crippen molar-refractivity contribution in [2.75, 3.05) is 4.72 Å². The number of H-pyrrole nitrogens is 1. The van der Waals surface area contributed by atoms with Crippen molar-refractivity contribution in [2.24, 2.45) is 0 Å². The number of aromatic amines is 1. The Morgan fingerprint density at radius 1 is 1.11 bits per heavy atom. The quantitative estimate of drug-likeness (QED) is 0.837. The normalized spacial score (nSPS) is 11.5. The summed E-state index contributed by atoms with van der Waals surface area (Å²) in [5.41, 5.74) is -0.691. The third kappa shape index (κ3) is 2.16. The fourth-order valence-corrected chi connectivity index (χ4v) is 2.17. The first-order valence-corrected chi connectivity index (χ1v) is 6.06. The van der Waals surface area contributed by atoms with Crippen molar-refractivity contribution in [1.29, 1.82) is 0 Å². The molecule has 0 aliphatic carbocycles. The molecule has 1 heterocycles. The zero-order chi connectivity index (χ0) is 13.3. The number of benzene rings is 1. The van der Waals surface area contributed by atoms with E-state index in [0.717, 1.165) is 12.1 Å². The summed E-state index contributed by atoms with van der Waals surface area (Å²) in [5.74, 6) is -4.77. The van der Waals surface area contributed by atoms with Crippen LogP contribution in [0.1, 0.15) is 0 Å². The van der Waals surface area contributed by atoms with Crippen molar-refractivity contribution in [3.63, 3.8) is 0 Å². The van der Waals surface area contributed by atoms with Crippen LogP contribution in [-0.4, -0.2) is 18.6 Å². The van der Waals surface area contributed by atoms with Crippen molar-refractivity contribution in [3.05, 3.63) is 41.8 Å². The summed E-state index contributed by atoms with van der Waals surface area (Å²) in [6.45, 7) is 0. The maximum absolute atomic E-state index is 13.3. The molecule has 2 rings (SSSR count). The molecule has 2 aromatic rings. The Balaban J connectivity index is 2.39. The first-order valence-electron chi connectivity index (χ1n) is 4.57. The molecule has 96 valence electrons. The van der Waals surface area contributed by atoms with Crippen LogP contribution in [0.4, 0.5) is 18.9 Å². The van der Waals surface area contributed by atoms with Gasteiger partial charge >= 0.3 is 0 Å². The average Bonchev–Trinajstić information content (AvgIpc) is 2.84. The molecule has 0 radical (unpaired) electrons. The van der Waals surface area contributed by atoms with Gasteiger partial charge in [-0.15, -0.1) is 0 Å². The highest BCUT2D eigenvalue weighted by Gasteiger charge is 2.20. The number of rotatable bonds is 3. The Hall–Kier alpha value is -2.03. The fourth-order valence-electron chi connectivity index (χ4n) is 1.20. The summed E-state index contributed by atoms with van der Waals surface area (Å²) in [6.07, 6.45) is 1.18. The summed E-state index contributed by atoms with van der Waals surface area (Å²) in [5, 5.41) is 5.24. The van der Waals surface area contributed by atoms with Crippen LogP contribution in [0.3, 0.4) is 0 Å². The molecule has 18 heavy (non-hydrogen) atoms. The zero-order valence-corrected chi connectivity index (χ0v) is 9.43. The van der Waals surface area contributed by atoms with E-state index in [2.05, 4.69) is 10.2 Å². The maximum Gasteiger partial charge on any atom is 0.278 e. The predicted octanol–water partition coefficient (Wildman–Crippen LogP) is 1.63. The van der Waals surface area contributed by atoms with Crippen LogP contribution in [0.15, 0.2) is 29.4 Å². The van der Waals surface area contributed by atoms with Crippen molar-refractivity contribution in [2.45, 2.75) is 5.03 Å². The Morgan fingerprint density at radius 2 is 1.83 bits per heavy atom. The van der Waals surface area contributed by atoms with Gasteiger partial charge in [-0.1, -0.05) is 0 Å². The lowest BCUT2D eigenvalue weighted by atomic mass is 10.3. The topological polar surface area (TPSA) is 74.8 Å². The second-order valence-corrected chi connectivity index (χ2v) is 4.90. The van der Waals surface area contributed by atoms with E-state index in [0.29, 0.717) is 6.07 Å². The minimum absolute atomic E-state index is 0.327. The minimum atomic E-state index is -4.12. The third-order valence-corrected chi connectivity index (χ3v) is 3.34. The van der Waals surface area contributed by atoms with Crippen LogP contribution < -0.4 is 4.72 Å². The number of sulfonamides is 1. The van der Waals surface area contributed by atoms with Gasteiger partial charge in [0, 0.05) is 0 Å². The zero-order valence-electron chi connectivity index (χ0n) is 8.62. The van der Waals surface area contributed by atoms with Crippen molar-refractivity contribution in [3.8, 4) is 0 Å². The lowest BCUT2D eigenvalue weighted by molar-refractivity contribution is 0.449. The van der Waals surface area contributed by atoms with E-state index in [1.165, 1.54) is 6.20 Å². The summed E-state index contributed by atoms with van der Waals surface area (Å²) in [4.78, 5) is 0. The van der Waals surface area contributed by atoms with E-state index in [-0.39, 0.29) is 5.03 Å². The maximum atomic E-state index is 13.3. The van der Waals surface area contributed by atoms with Crippen LogP contribution in [0.2, 0.25) is 0 Å². The molecule has 0 unspecified atom stereocenters. The second-order valence-electron chi connectivity index (χ2n) is 3.25. The third-order valence-electron chi connectivity index (χ3n) is 2.04. The second kappa shape index (κ2) is 4.33. The highest BCUT2D eigenvalue weighted by Crippen LogP contribution is 2.22. The molecule has 0 spiro atoms. The van der Waals surface area contributed by atoms with Gasteiger partial charge in [-0.05, 0) is 18.2 Å². The van der Waals surface area contributed by atoms with Gasteiger partial charge in [0.2, 0.25) is 0 Å². The van der Waals surface area contributed by atoms with Crippen LogP contribution in [0.5, 0.6) is 0 Å². The standard InChI is InChI=1S/C9H6F3N3O2S/c10-5-1-2-6(9(12)8(5)11)15-18(16,17)7-3-4-13-14-7/h1-4,15H,(H,13,14).